The Balaban J connectivity index is 0.857. The van der Waals surface area contributed by atoms with E-state index in [-0.39, 0.29) is 0 Å². The molecule has 0 atom stereocenters. The maximum absolute atomic E-state index is 6.73. The quantitative estimate of drug-likeness (QED) is 0.172. The Hall–Kier alpha value is -9.75. The van der Waals surface area contributed by atoms with Crippen LogP contribution in [-0.4, -0.2) is 15.0 Å². The van der Waals surface area contributed by atoms with Crippen molar-refractivity contribution in [1.82, 2.24) is 15.0 Å². The van der Waals surface area contributed by atoms with Crippen molar-refractivity contribution in [3.8, 4) is 78.7 Å². The van der Waals surface area contributed by atoms with Gasteiger partial charge in [-0.1, -0.05) is 188 Å². The topological polar surface area (TPSA) is 65.0 Å². The van der Waals surface area contributed by atoms with Crippen molar-refractivity contribution >= 4 is 75.4 Å². The van der Waals surface area contributed by atoms with Gasteiger partial charge in [0.15, 0.2) is 17.5 Å². The highest BCUT2D eigenvalue weighted by molar-refractivity contribution is 7.25. The van der Waals surface area contributed by atoms with Gasteiger partial charge in [0.25, 0.3) is 0 Å². The van der Waals surface area contributed by atoms with E-state index in [0.717, 1.165) is 77.1 Å². The molecule has 0 aliphatic heterocycles. The van der Waals surface area contributed by atoms with Gasteiger partial charge in [0.1, 0.15) is 22.3 Å². The van der Waals surface area contributed by atoms with Crippen LogP contribution < -0.4 is 0 Å². The van der Waals surface area contributed by atoms with Crippen molar-refractivity contribution < 1.29 is 8.83 Å². The normalized spacial score (nSPS) is 13.1. The molecule has 0 bridgehead atoms. The molecule has 4 aromatic heterocycles. The van der Waals surface area contributed by atoms with E-state index in [1.165, 1.54) is 70.4 Å². The summed E-state index contributed by atoms with van der Waals surface area (Å²) in [5.41, 5.74) is 20.5. The predicted molar refractivity (Wildman–Crippen MR) is 311 cm³/mol. The molecule has 0 amide bonds. The third kappa shape index (κ3) is 5.71. The SMILES string of the molecule is c1cc(-c2ccc3oc4cccc(-c5nc(-c6cccc7oc8ccccc8c67)nc(-c6cccc7sc8ccccc8c67)n5)c4c3c2)cc(-c2cccc3c2C2(c4ccccc4-c4ccccc42)c2ccccc2-3)c1. The van der Waals surface area contributed by atoms with E-state index < -0.39 is 5.41 Å². The lowest BCUT2D eigenvalue weighted by Gasteiger charge is -2.32. The Morgan fingerprint density at radius 2 is 0.737 bits per heavy atom. The fraction of sp³-hybridized carbons (Fsp3) is 0.0143. The number of thiophene rings is 1. The van der Waals surface area contributed by atoms with Crippen LogP contribution in [0.5, 0.6) is 0 Å². The third-order valence-electron chi connectivity index (χ3n) is 16.2. The van der Waals surface area contributed by atoms with Crippen LogP contribution in [0.25, 0.3) is 143 Å². The first-order valence-electron chi connectivity index (χ1n) is 25.7. The number of nitrogens with zero attached hydrogens (tertiary/aromatic N) is 3. The molecule has 15 aromatic rings. The molecule has 1 spiro atoms. The summed E-state index contributed by atoms with van der Waals surface area (Å²) in [6.07, 6.45) is 0. The summed E-state index contributed by atoms with van der Waals surface area (Å²) in [6, 6.07) is 85.1. The van der Waals surface area contributed by atoms with Crippen LogP contribution in [0.2, 0.25) is 0 Å². The Kier molecular flexibility index (Phi) is 8.58. The summed E-state index contributed by atoms with van der Waals surface area (Å²) in [7, 11) is 0. The van der Waals surface area contributed by atoms with Crippen LogP contribution in [0, 0.1) is 0 Å². The highest BCUT2D eigenvalue weighted by Gasteiger charge is 2.52. The molecule has 2 aliphatic carbocycles. The number of hydrogen-bond donors (Lipinski definition) is 0. The summed E-state index contributed by atoms with van der Waals surface area (Å²) >= 11 is 1.79. The molecule has 0 saturated carbocycles. The van der Waals surface area contributed by atoms with Gasteiger partial charge in [-0.3, -0.25) is 0 Å². The lowest BCUT2D eigenvalue weighted by Crippen LogP contribution is -2.26. The molecule has 0 unspecified atom stereocenters. The van der Waals surface area contributed by atoms with Gasteiger partial charge in [-0.2, -0.15) is 0 Å². The van der Waals surface area contributed by atoms with Gasteiger partial charge in [-0.15, -0.1) is 11.3 Å². The molecule has 352 valence electrons. The van der Waals surface area contributed by atoms with E-state index in [1.54, 1.807) is 11.3 Å². The predicted octanol–water partition coefficient (Wildman–Crippen LogP) is 18.7. The number of para-hydroxylation sites is 1. The van der Waals surface area contributed by atoms with E-state index in [1.807, 2.05) is 42.5 Å². The zero-order valence-corrected chi connectivity index (χ0v) is 41.4. The Morgan fingerprint density at radius 1 is 0.289 bits per heavy atom. The summed E-state index contributed by atoms with van der Waals surface area (Å²) in [4.78, 5) is 16.3. The van der Waals surface area contributed by atoms with Crippen molar-refractivity contribution in [3.63, 3.8) is 0 Å². The zero-order chi connectivity index (χ0) is 49.6. The molecule has 2 aliphatic rings. The molecule has 6 heteroatoms. The summed E-state index contributed by atoms with van der Waals surface area (Å²) < 4.78 is 15.5. The number of rotatable bonds is 5. The van der Waals surface area contributed by atoms with Crippen molar-refractivity contribution in [2.24, 2.45) is 0 Å². The highest BCUT2D eigenvalue weighted by Crippen LogP contribution is 2.64. The van der Waals surface area contributed by atoms with Gasteiger partial charge >= 0.3 is 0 Å². The molecule has 4 heterocycles. The van der Waals surface area contributed by atoms with E-state index in [2.05, 4.69) is 194 Å². The number of benzene rings is 11. The number of fused-ring (bicyclic) bond motifs is 19. The van der Waals surface area contributed by atoms with E-state index in [4.69, 9.17) is 23.8 Å². The smallest absolute Gasteiger partial charge is 0.164 e. The highest BCUT2D eigenvalue weighted by atomic mass is 32.1. The average molecular weight is 986 g/mol. The lowest BCUT2D eigenvalue weighted by molar-refractivity contribution is 0.668. The van der Waals surface area contributed by atoms with Gasteiger partial charge in [-0.05, 0) is 115 Å². The number of aromatic nitrogens is 3. The molecule has 17 rings (SSSR count). The van der Waals surface area contributed by atoms with Gasteiger partial charge in [0, 0.05) is 58.4 Å². The minimum absolute atomic E-state index is 0.464. The molecular formula is C70H39N3O2S. The molecule has 0 fully saturated rings. The van der Waals surface area contributed by atoms with Crippen LogP contribution >= 0.6 is 11.3 Å². The zero-order valence-electron chi connectivity index (χ0n) is 40.6. The molecule has 11 aromatic carbocycles. The van der Waals surface area contributed by atoms with Crippen molar-refractivity contribution in [2.75, 3.05) is 0 Å². The standard InChI is InChI=1S/C70H39N3O2S/c1-6-28-54-44(18-1)45-19-2-7-29-55(45)70(54)56-30-8-3-20-46(56)47-24-12-23-43(66(47)70)42-17-11-16-40(38-42)41-36-37-58-53(39-41)64-51(26-14-33-60(64)75-58)68-71-67(50-25-13-32-59-63(50)48-21-4-9-31-57(48)74-59)72-69(73-68)52-27-15-35-62-65(52)49-22-5-10-34-61(49)76-62/h1-39H. The van der Waals surface area contributed by atoms with Crippen LogP contribution in [0.15, 0.2) is 245 Å². The van der Waals surface area contributed by atoms with E-state index in [9.17, 15) is 0 Å². The second-order valence-electron chi connectivity index (χ2n) is 20.0. The van der Waals surface area contributed by atoms with Gasteiger partial charge in [0.2, 0.25) is 0 Å². The monoisotopic (exact) mass is 985 g/mol. The van der Waals surface area contributed by atoms with Gasteiger partial charge in [0.05, 0.1) is 5.41 Å². The first-order valence-corrected chi connectivity index (χ1v) is 26.6. The second-order valence-corrected chi connectivity index (χ2v) is 21.1. The number of furan rings is 2. The molecule has 0 radical (unpaired) electrons. The van der Waals surface area contributed by atoms with Crippen LogP contribution in [-0.2, 0) is 5.41 Å². The fourth-order valence-corrected chi connectivity index (χ4v) is 14.2. The Labute approximate surface area is 439 Å². The Bertz CT molecular complexity index is 4780. The third-order valence-corrected chi connectivity index (χ3v) is 17.3. The molecule has 0 N–H and O–H groups in total. The van der Waals surface area contributed by atoms with Crippen LogP contribution in [0.1, 0.15) is 22.3 Å². The summed E-state index contributed by atoms with van der Waals surface area (Å²) in [6.45, 7) is 0. The van der Waals surface area contributed by atoms with Crippen molar-refractivity contribution in [1.29, 1.82) is 0 Å². The van der Waals surface area contributed by atoms with Crippen molar-refractivity contribution in [3.05, 3.63) is 259 Å². The lowest BCUT2D eigenvalue weighted by atomic mass is 9.68. The van der Waals surface area contributed by atoms with Crippen LogP contribution in [0.4, 0.5) is 0 Å². The van der Waals surface area contributed by atoms with Crippen molar-refractivity contribution in [2.45, 2.75) is 5.41 Å². The molecular weight excluding hydrogens is 947 g/mol. The largest absolute Gasteiger partial charge is 0.456 e. The maximum atomic E-state index is 6.73. The maximum Gasteiger partial charge on any atom is 0.164 e. The van der Waals surface area contributed by atoms with Crippen LogP contribution in [0.3, 0.4) is 0 Å². The Morgan fingerprint density at radius 3 is 1.43 bits per heavy atom. The second kappa shape index (κ2) is 15.6. The summed E-state index contributed by atoms with van der Waals surface area (Å²) in [5.74, 6) is 1.73. The molecule has 0 saturated heterocycles. The average Bonchev–Trinajstić information content (AvgIpc) is 4.34. The van der Waals surface area contributed by atoms with E-state index >= 15 is 0 Å². The molecule has 5 nitrogen and oxygen atoms in total. The first kappa shape index (κ1) is 41.7. The summed E-state index contributed by atoms with van der Waals surface area (Å²) in [5, 5.41) is 6.23. The fourth-order valence-electron chi connectivity index (χ4n) is 13.1. The molecule has 76 heavy (non-hydrogen) atoms. The minimum atomic E-state index is -0.464. The minimum Gasteiger partial charge on any atom is -0.456 e. The number of hydrogen-bond acceptors (Lipinski definition) is 6. The van der Waals surface area contributed by atoms with E-state index in [0.29, 0.717) is 17.5 Å². The van der Waals surface area contributed by atoms with Gasteiger partial charge < -0.3 is 8.83 Å². The first-order chi connectivity index (χ1) is 37.7. The van der Waals surface area contributed by atoms with Gasteiger partial charge in [-0.25, -0.2) is 15.0 Å².